The van der Waals surface area contributed by atoms with Crippen molar-refractivity contribution in [3.8, 4) is 0 Å². The third-order valence-corrected chi connectivity index (χ3v) is 11.5. The Morgan fingerprint density at radius 2 is 1.31 bits per heavy atom. The fourth-order valence-corrected chi connectivity index (χ4v) is 10.1. The molecule has 0 spiro atoms. The summed E-state index contributed by atoms with van der Waals surface area (Å²) in [7, 11) is 0. The predicted molar refractivity (Wildman–Crippen MR) is 111 cm³/mol. The first-order valence-corrected chi connectivity index (χ1v) is 12.7. The van der Waals surface area contributed by atoms with Gasteiger partial charge in [0.15, 0.2) is 0 Å². The maximum atomic E-state index is 6.00. The summed E-state index contributed by atoms with van der Waals surface area (Å²) in [6.45, 7) is 4.88. The second kappa shape index (κ2) is 7.29. The van der Waals surface area contributed by atoms with Gasteiger partial charge in [0, 0.05) is 0 Å². The SMILES string of the molecule is CC1(C)COC(c2cccc[c]2[Sb]([c]2ccccc2)[c]2ccccc2)=N1. The molecule has 0 bridgehead atoms. The van der Waals surface area contributed by atoms with Gasteiger partial charge in [-0.2, -0.15) is 0 Å². The van der Waals surface area contributed by atoms with Crippen LogP contribution in [0.2, 0.25) is 0 Å². The molecule has 0 fully saturated rings. The molecular formula is C23H22NOSb. The van der Waals surface area contributed by atoms with Crippen LogP contribution < -0.4 is 10.5 Å². The molecule has 130 valence electrons. The van der Waals surface area contributed by atoms with Crippen LogP contribution in [0.4, 0.5) is 0 Å². The minimum absolute atomic E-state index is 0.149. The molecule has 0 aromatic heterocycles. The fraction of sp³-hybridized carbons (Fsp3) is 0.174. The van der Waals surface area contributed by atoms with Gasteiger partial charge >= 0.3 is 163 Å². The Labute approximate surface area is 162 Å². The normalized spacial score (nSPS) is 15.6. The van der Waals surface area contributed by atoms with E-state index in [-0.39, 0.29) is 5.54 Å². The first-order chi connectivity index (χ1) is 12.6. The molecule has 0 amide bonds. The second-order valence-electron chi connectivity index (χ2n) is 7.04. The van der Waals surface area contributed by atoms with Crippen LogP contribution in [-0.2, 0) is 4.74 Å². The van der Waals surface area contributed by atoms with Gasteiger partial charge in [-0.15, -0.1) is 0 Å². The zero-order valence-electron chi connectivity index (χ0n) is 15.1. The number of rotatable bonds is 4. The summed E-state index contributed by atoms with van der Waals surface area (Å²) < 4.78 is 10.3. The van der Waals surface area contributed by atoms with Crippen LogP contribution in [0.1, 0.15) is 19.4 Å². The number of hydrogen-bond acceptors (Lipinski definition) is 2. The van der Waals surface area contributed by atoms with Crippen LogP contribution in [0, 0.1) is 0 Å². The van der Waals surface area contributed by atoms with Crippen molar-refractivity contribution in [2.45, 2.75) is 19.4 Å². The Hall–Kier alpha value is -2.05. The molecule has 4 rings (SSSR count). The van der Waals surface area contributed by atoms with E-state index in [0.717, 1.165) is 11.5 Å². The van der Waals surface area contributed by atoms with Gasteiger partial charge < -0.3 is 0 Å². The van der Waals surface area contributed by atoms with Gasteiger partial charge in [-0.1, -0.05) is 0 Å². The predicted octanol–water partition coefficient (Wildman–Crippen LogP) is 2.76. The number of hydrogen-bond donors (Lipinski definition) is 0. The van der Waals surface area contributed by atoms with Gasteiger partial charge in [0.25, 0.3) is 0 Å². The summed E-state index contributed by atoms with van der Waals surface area (Å²) in [5, 5.41) is 0. The van der Waals surface area contributed by atoms with Crippen molar-refractivity contribution in [3.63, 3.8) is 0 Å². The van der Waals surface area contributed by atoms with Crippen LogP contribution in [-0.4, -0.2) is 38.3 Å². The van der Waals surface area contributed by atoms with Gasteiger partial charge in [-0.3, -0.25) is 0 Å². The number of benzene rings is 3. The maximum absolute atomic E-state index is 6.00. The molecule has 2 nitrogen and oxygen atoms in total. The van der Waals surface area contributed by atoms with Gasteiger partial charge in [0.2, 0.25) is 0 Å². The summed E-state index contributed by atoms with van der Waals surface area (Å²) in [6.07, 6.45) is 0. The molecule has 26 heavy (non-hydrogen) atoms. The molecule has 3 aromatic rings. The van der Waals surface area contributed by atoms with Crippen LogP contribution >= 0.6 is 0 Å². The van der Waals surface area contributed by atoms with E-state index in [1.54, 1.807) is 0 Å². The molecule has 0 radical (unpaired) electrons. The van der Waals surface area contributed by atoms with E-state index in [2.05, 4.69) is 98.8 Å². The molecule has 1 heterocycles. The summed E-state index contributed by atoms with van der Waals surface area (Å²) in [5.74, 6) is 0.798. The average Bonchev–Trinajstić information content (AvgIpc) is 3.04. The zero-order valence-corrected chi connectivity index (χ0v) is 17.6. The van der Waals surface area contributed by atoms with Gasteiger partial charge in [-0.05, 0) is 0 Å². The molecule has 0 saturated carbocycles. The summed E-state index contributed by atoms with van der Waals surface area (Å²) in [4.78, 5) is 4.84. The Bertz CT molecular complexity index is 880. The van der Waals surface area contributed by atoms with Gasteiger partial charge in [0.1, 0.15) is 0 Å². The molecule has 3 aromatic carbocycles. The molecule has 0 saturated heterocycles. The quantitative estimate of drug-likeness (QED) is 0.561. The number of aliphatic imine (C=N–C) groups is 1. The first kappa shape index (κ1) is 17.4. The molecule has 0 unspecified atom stereocenters. The third kappa shape index (κ3) is 3.57. The van der Waals surface area contributed by atoms with Gasteiger partial charge in [-0.25, -0.2) is 0 Å². The van der Waals surface area contributed by atoms with Crippen molar-refractivity contribution in [2.75, 3.05) is 6.61 Å². The van der Waals surface area contributed by atoms with Crippen LogP contribution in [0.25, 0.3) is 0 Å². The molecule has 0 N–H and O–H groups in total. The van der Waals surface area contributed by atoms with Crippen LogP contribution in [0.15, 0.2) is 89.9 Å². The Morgan fingerprint density at radius 1 is 0.769 bits per heavy atom. The Balaban J connectivity index is 1.88. The Kier molecular flexibility index (Phi) is 4.87. The van der Waals surface area contributed by atoms with E-state index < -0.39 is 20.2 Å². The molecule has 1 aliphatic heterocycles. The Morgan fingerprint density at radius 3 is 1.85 bits per heavy atom. The standard InChI is InChI=1S/C11H12NO.2C6H5.Sb/c1-11(2)8-13-10(12-11)9-6-4-3-5-7-9;2*1-2-4-6-5-3-1;/h3-6H,8H2,1-2H3;2*1-5H;. The minimum atomic E-state index is -2.17. The molecule has 0 aliphatic carbocycles. The fourth-order valence-electron chi connectivity index (χ4n) is 3.15. The summed E-state index contributed by atoms with van der Waals surface area (Å²) in [5.41, 5.74) is 1.01. The van der Waals surface area contributed by atoms with E-state index in [4.69, 9.17) is 9.73 Å². The van der Waals surface area contributed by atoms with Crippen molar-refractivity contribution >= 4 is 36.6 Å². The van der Waals surface area contributed by atoms with Crippen molar-refractivity contribution in [1.29, 1.82) is 0 Å². The molecule has 0 atom stereocenters. The van der Waals surface area contributed by atoms with Crippen molar-refractivity contribution in [3.05, 3.63) is 90.5 Å². The first-order valence-electron chi connectivity index (χ1n) is 8.86. The van der Waals surface area contributed by atoms with E-state index in [1.807, 2.05) is 0 Å². The summed E-state index contributed by atoms with van der Waals surface area (Å²) in [6, 6.07) is 30.5. The van der Waals surface area contributed by atoms with E-state index >= 15 is 0 Å². The summed E-state index contributed by atoms with van der Waals surface area (Å²) >= 11 is -2.17. The molecule has 3 heteroatoms. The molecule has 1 aliphatic rings. The number of nitrogens with zero attached hydrogens (tertiary/aromatic N) is 1. The second-order valence-corrected chi connectivity index (χ2v) is 13.3. The van der Waals surface area contributed by atoms with E-state index in [9.17, 15) is 0 Å². The average molecular weight is 450 g/mol. The molecular weight excluding hydrogens is 428 g/mol. The van der Waals surface area contributed by atoms with Crippen molar-refractivity contribution < 1.29 is 4.74 Å². The monoisotopic (exact) mass is 449 g/mol. The van der Waals surface area contributed by atoms with E-state index in [0.29, 0.717) is 6.61 Å². The van der Waals surface area contributed by atoms with Crippen molar-refractivity contribution in [1.82, 2.24) is 0 Å². The topological polar surface area (TPSA) is 21.6 Å². The van der Waals surface area contributed by atoms with Crippen LogP contribution in [0.3, 0.4) is 0 Å². The number of ether oxygens (including phenoxy) is 1. The zero-order chi connectivity index (χ0) is 18.0. The van der Waals surface area contributed by atoms with E-state index in [1.165, 1.54) is 10.5 Å². The van der Waals surface area contributed by atoms with Crippen LogP contribution in [0.5, 0.6) is 0 Å². The third-order valence-electron chi connectivity index (χ3n) is 4.37. The van der Waals surface area contributed by atoms with Gasteiger partial charge in [0.05, 0.1) is 0 Å². The van der Waals surface area contributed by atoms with Crippen molar-refractivity contribution in [2.24, 2.45) is 4.99 Å².